The van der Waals surface area contributed by atoms with E-state index in [1.54, 1.807) is 18.0 Å². The Labute approximate surface area is 257 Å². The van der Waals surface area contributed by atoms with Gasteiger partial charge in [0.2, 0.25) is 6.17 Å². The summed E-state index contributed by atoms with van der Waals surface area (Å²) in [6.07, 6.45) is -0.872. The number of amides is 1. The molecule has 0 aliphatic carbocycles. The Morgan fingerprint density at radius 1 is 0.857 bits per heavy atom. The van der Waals surface area contributed by atoms with Crippen LogP contribution in [0.5, 0.6) is 0 Å². The Morgan fingerprint density at radius 2 is 1.43 bits per heavy atom. The first-order valence-electron chi connectivity index (χ1n) is 14.1. The molecule has 2 aliphatic rings. The number of thiocarbonyl (C=S) groups is 1. The van der Waals surface area contributed by atoms with Crippen molar-refractivity contribution < 1.29 is 4.79 Å². The highest BCUT2D eigenvalue weighted by Gasteiger charge is 2.33. The van der Waals surface area contributed by atoms with Crippen LogP contribution in [-0.2, 0) is 4.79 Å². The molecule has 0 bridgehead atoms. The molecule has 4 aromatic carbocycles. The van der Waals surface area contributed by atoms with Crippen molar-refractivity contribution in [2.24, 2.45) is 4.99 Å². The number of anilines is 1. The summed E-state index contributed by atoms with van der Waals surface area (Å²) in [5.41, 5.74) is 5.71. The maximum Gasteiger partial charge on any atom is 0.272 e. The third-order valence-electron chi connectivity index (χ3n) is 7.90. The molecular weight excluding hydrogens is 562 g/mol. The van der Waals surface area contributed by atoms with E-state index >= 15 is 0 Å². The van der Waals surface area contributed by atoms with Gasteiger partial charge in [0.05, 0.1) is 17.4 Å². The van der Waals surface area contributed by atoms with Crippen molar-refractivity contribution in [1.29, 1.82) is 0 Å². The molecule has 8 heteroatoms. The molecule has 2 aliphatic heterocycles. The molecule has 0 saturated carbocycles. The number of rotatable bonds is 5. The minimum atomic E-state index is -0.872. The average molecular weight is 594 g/mol. The second-order valence-electron chi connectivity index (χ2n) is 10.5. The molecule has 0 aromatic heterocycles. The van der Waals surface area contributed by atoms with E-state index in [-0.39, 0.29) is 11.9 Å². The number of nitrogens with one attached hydrogen (secondary N) is 1. The summed E-state index contributed by atoms with van der Waals surface area (Å²) in [7, 11) is 1.77. The number of piperazine rings is 1. The van der Waals surface area contributed by atoms with Crippen LogP contribution in [0.4, 0.5) is 5.69 Å². The van der Waals surface area contributed by atoms with Gasteiger partial charge in [0.25, 0.3) is 5.91 Å². The molecule has 1 atom stereocenters. The number of benzene rings is 4. The number of carbonyl (C=O) groups excluding carboxylic acids is 1. The van der Waals surface area contributed by atoms with E-state index in [0.29, 0.717) is 15.8 Å². The van der Waals surface area contributed by atoms with Gasteiger partial charge in [-0.25, -0.2) is 4.99 Å². The third-order valence-corrected chi connectivity index (χ3v) is 8.51. The lowest BCUT2D eigenvalue weighted by molar-refractivity contribution is -0.119. The van der Waals surface area contributed by atoms with Gasteiger partial charge in [0, 0.05) is 49.4 Å². The predicted molar refractivity (Wildman–Crippen MR) is 174 cm³/mol. The first-order valence-corrected chi connectivity index (χ1v) is 14.9. The van der Waals surface area contributed by atoms with Crippen LogP contribution in [0.1, 0.15) is 28.3 Å². The monoisotopic (exact) mass is 593 g/mol. The maximum absolute atomic E-state index is 13.7. The van der Waals surface area contributed by atoms with Gasteiger partial charge in [-0.05, 0) is 41.5 Å². The highest BCUT2D eigenvalue weighted by Crippen LogP contribution is 2.31. The molecule has 212 valence electrons. The number of halogens is 1. The zero-order valence-corrected chi connectivity index (χ0v) is 24.9. The highest BCUT2D eigenvalue weighted by atomic mass is 35.5. The zero-order valence-electron chi connectivity index (χ0n) is 23.4. The number of fused-ring (bicyclic) bond motifs is 1. The number of hydrogen-bond donors (Lipinski definition) is 1. The van der Waals surface area contributed by atoms with Crippen molar-refractivity contribution in [1.82, 2.24) is 15.1 Å². The van der Waals surface area contributed by atoms with Crippen LogP contribution in [0.2, 0.25) is 5.02 Å². The SMILES string of the molecule is CN1C(=O)C(NC(=S)N2CCN(C(c3ccccc3)c3ccccc3)CC2)N=C(c2ccccc2)c2cc(Cl)ccc21. The Hall–Kier alpha value is -4.04. The van der Waals surface area contributed by atoms with Gasteiger partial charge in [0.1, 0.15) is 0 Å². The summed E-state index contributed by atoms with van der Waals surface area (Å²) >= 11 is 12.3. The van der Waals surface area contributed by atoms with Crippen LogP contribution in [-0.4, -0.2) is 65.9 Å². The quantitative estimate of drug-likeness (QED) is 0.298. The molecule has 2 heterocycles. The van der Waals surface area contributed by atoms with Crippen LogP contribution in [0.3, 0.4) is 0 Å². The molecule has 4 aromatic rings. The number of benzodiazepines with no additional fused rings is 1. The number of likely N-dealkylation sites (N-methyl/N-ethyl adjacent to an activating group) is 1. The van der Waals surface area contributed by atoms with Gasteiger partial charge >= 0.3 is 0 Å². The number of aliphatic imine (C=N–C) groups is 1. The number of hydrogen-bond acceptors (Lipinski definition) is 4. The van der Waals surface area contributed by atoms with E-state index in [9.17, 15) is 4.79 Å². The topological polar surface area (TPSA) is 51.2 Å². The van der Waals surface area contributed by atoms with E-state index in [1.165, 1.54) is 11.1 Å². The minimum Gasteiger partial charge on any atom is -0.347 e. The fourth-order valence-corrected chi connectivity index (χ4v) is 6.21. The summed E-state index contributed by atoms with van der Waals surface area (Å²) in [4.78, 5) is 24.9. The Bertz CT molecular complexity index is 1550. The summed E-state index contributed by atoms with van der Waals surface area (Å²) in [5.74, 6) is -0.182. The van der Waals surface area contributed by atoms with Crippen molar-refractivity contribution in [3.63, 3.8) is 0 Å². The summed E-state index contributed by atoms with van der Waals surface area (Å²) < 4.78 is 0. The van der Waals surface area contributed by atoms with Crippen molar-refractivity contribution in [3.05, 3.63) is 136 Å². The molecule has 1 unspecified atom stereocenters. The van der Waals surface area contributed by atoms with Crippen molar-refractivity contribution in [3.8, 4) is 0 Å². The lowest BCUT2D eigenvalue weighted by atomic mass is 9.96. The summed E-state index contributed by atoms with van der Waals surface area (Å²) in [6, 6.07) is 36.8. The average Bonchev–Trinajstić information content (AvgIpc) is 3.13. The van der Waals surface area contributed by atoms with Crippen LogP contribution in [0.25, 0.3) is 0 Å². The lowest BCUT2D eigenvalue weighted by Crippen LogP contribution is -2.56. The molecule has 1 fully saturated rings. The molecule has 6 nitrogen and oxygen atoms in total. The highest BCUT2D eigenvalue weighted by molar-refractivity contribution is 7.80. The number of carbonyl (C=O) groups is 1. The molecule has 1 N–H and O–H groups in total. The lowest BCUT2D eigenvalue weighted by Gasteiger charge is -2.41. The largest absolute Gasteiger partial charge is 0.347 e. The smallest absolute Gasteiger partial charge is 0.272 e. The minimum absolute atomic E-state index is 0.163. The Kier molecular flexibility index (Phi) is 8.33. The van der Waals surface area contributed by atoms with Gasteiger partial charge in [-0.3, -0.25) is 9.69 Å². The summed E-state index contributed by atoms with van der Waals surface area (Å²) in [6.45, 7) is 3.14. The molecule has 6 rings (SSSR count). The van der Waals surface area contributed by atoms with Crippen molar-refractivity contribution in [2.75, 3.05) is 38.1 Å². The first-order chi connectivity index (χ1) is 20.5. The van der Waals surface area contributed by atoms with Gasteiger partial charge in [0.15, 0.2) is 5.11 Å². The van der Waals surface area contributed by atoms with E-state index in [2.05, 4.69) is 75.8 Å². The molecular formula is C34H32ClN5OS. The molecule has 1 amide bonds. The number of nitrogens with zero attached hydrogens (tertiary/aromatic N) is 4. The van der Waals surface area contributed by atoms with Crippen LogP contribution in [0.15, 0.2) is 114 Å². The third kappa shape index (κ3) is 5.81. The van der Waals surface area contributed by atoms with E-state index in [1.807, 2.05) is 42.5 Å². The Morgan fingerprint density at radius 3 is 2.02 bits per heavy atom. The maximum atomic E-state index is 13.7. The van der Waals surface area contributed by atoms with Gasteiger partial charge < -0.3 is 15.1 Å². The van der Waals surface area contributed by atoms with E-state index in [0.717, 1.165) is 43.0 Å². The predicted octanol–water partition coefficient (Wildman–Crippen LogP) is 5.76. The second-order valence-corrected chi connectivity index (χ2v) is 11.3. The van der Waals surface area contributed by atoms with E-state index < -0.39 is 6.17 Å². The van der Waals surface area contributed by atoms with E-state index in [4.69, 9.17) is 28.8 Å². The second kappa shape index (κ2) is 12.4. The molecule has 0 radical (unpaired) electrons. The summed E-state index contributed by atoms with van der Waals surface area (Å²) in [5, 5.41) is 4.40. The normalized spacial score (nSPS) is 17.5. The van der Waals surface area contributed by atoms with Gasteiger partial charge in [-0.15, -0.1) is 0 Å². The van der Waals surface area contributed by atoms with Crippen LogP contribution >= 0.6 is 23.8 Å². The molecule has 1 saturated heterocycles. The van der Waals surface area contributed by atoms with Gasteiger partial charge in [-0.1, -0.05) is 103 Å². The molecule has 0 spiro atoms. The van der Waals surface area contributed by atoms with Crippen LogP contribution in [0, 0.1) is 0 Å². The first kappa shape index (κ1) is 28.1. The zero-order chi connectivity index (χ0) is 29.1. The van der Waals surface area contributed by atoms with Crippen molar-refractivity contribution >= 4 is 46.2 Å². The van der Waals surface area contributed by atoms with Crippen molar-refractivity contribution in [2.45, 2.75) is 12.2 Å². The standard InChI is InChI=1S/C34H32ClN5OS/c1-38-29-18-17-27(35)23-28(29)30(24-11-5-2-6-12-24)36-32(33(38)41)37-34(42)40-21-19-39(20-22-40)31(25-13-7-3-8-14-25)26-15-9-4-10-16-26/h2-18,23,31-32H,19-22H2,1H3,(H,37,42). The van der Waals surface area contributed by atoms with Gasteiger partial charge in [-0.2, -0.15) is 0 Å². The molecule has 42 heavy (non-hydrogen) atoms. The fourth-order valence-electron chi connectivity index (χ4n) is 5.74. The van der Waals surface area contributed by atoms with Crippen LogP contribution < -0.4 is 10.2 Å². The Balaban J connectivity index is 1.22. The fraction of sp³-hybridized carbons (Fsp3) is 0.206.